The SMILES string of the molecule is Cc1cccc(C(=O)NC2CNC2)c1Br. The van der Waals surface area contributed by atoms with Crippen LogP contribution in [0.4, 0.5) is 0 Å². The Bertz CT molecular complexity index is 388. The predicted molar refractivity (Wildman–Crippen MR) is 63.0 cm³/mol. The van der Waals surface area contributed by atoms with Crippen molar-refractivity contribution in [2.75, 3.05) is 13.1 Å². The molecule has 0 aliphatic carbocycles. The molecule has 0 aromatic heterocycles. The van der Waals surface area contributed by atoms with Gasteiger partial charge in [-0.15, -0.1) is 0 Å². The predicted octanol–water partition coefficient (Wildman–Crippen LogP) is 1.46. The summed E-state index contributed by atoms with van der Waals surface area (Å²) in [6.45, 7) is 3.72. The summed E-state index contributed by atoms with van der Waals surface area (Å²) in [5.74, 6) is -0.00271. The van der Waals surface area contributed by atoms with E-state index >= 15 is 0 Å². The Morgan fingerprint density at radius 3 is 2.87 bits per heavy atom. The minimum absolute atomic E-state index is 0.00271. The van der Waals surface area contributed by atoms with Crippen molar-refractivity contribution < 1.29 is 4.79 Å². The van der Waals surface area contributed by atoms with Gasteiger partial charge in [0.1, 0.15) is 0 Å². The first kappa shape index (κ1) is 10.6. The van der Waals surface area contributed by atoms with Crippen LogP contribution in [-0.4, -0.2) is 25.0 Å². The third-order valence-corrected chi connectivity index (χ3v) is 3.61. The number of amides is 1. The maximum absolute atomic E-state index is 11.9. The van der Waals surface area contributed by atoms with Gasteiger partial charge in [0.2, 0.25) is 0 Å². The van der Waals surface area contributed by atoms with Crippen LogP contribution in [0.3, 0.4) is 0 Å². The Kier molecular flexibility index (Phi) is 3.07. The average Bonchev–Trinajstić information content (AvgIpc) is 2.15. The van der Waals surface area contributed by atoms with Gasteiger partial charge in [0.25, 0.3) is 5.91 Å². The summed E-state index contributed by atoms with van der Waals surface area (Å²) in [6, 6.07) is 5.99. The topological polar surface area (TPSA) is 41.1 Å². The van der Waals surface area contributed by atoms with E-state index in [9.17, 15) is 4.79 Å². The second-order valence-corrected chi connectivity index (χ2v) is 4.56. The zero-order valence-corrected chi connectivity index (χ0v) is 10.1. The Labute approximate surface area is 97.4 Å². The molecule has 0 atom stereocenters. The molecule has 2 N–H and O–H groups in total. The first-order chi connectivity index (χ1) is 7.18. The summed E-state index contributed by atoms with van der Waals surface area (Å²) >= 11 is 3.43. The highest BCUT2D eigenvalue weighted by molar-refractivity contribution is 9.10. The Morgan fingerprint density at radius 2 is 2.27 bits per heavy atom. The summed E-state index contributed by atoms with van der Waals surface area (Å²) in [5.41, 5.74) is 1.79. The average molecular weight is 269 g/mol. The minimum Gasteiger partial charge on any atom is -0.347 e. The van der Waals surface area contributed by atoms with E-state index < -0.39 is 0 Å². The molecule has 1 aromatic rings. The minimum atomic E-state index is -0.00271. The van der Waals surface area contributed by atoms with E-state index in [1.807, 2.05) is 25.1 Å². The maximum Gasteiger partial charge on any atom is 0.252 e. The highest BCUT2D eigenvalue weighted by Gasteiger charge is 2.20. The van der Waals surface area contributed by atoms with E-state index in [1.165, 1.54) is 0 Å². The standard InChI is InChI=1S/C11H13BrN2O/c1-7-3-2-4-9(10(7)12)11(15)14-8-5-13-6-8/h2-4,8,13H,5-6H2,1H3,(H,14,15). The van der Waals surface area contributed by atoms with E-state index in [4.69, 9.17) is 0 Å². The molecule has 0 radical (unpaired) electrons. The smallest absolute Gasteiger partial charge is 0.252 e. The molecule has 1 heterocycles. The van der Waals surface area contributed by atoms with Gasteiger partial charge in [-0.3, -0.25) is 4.79 Å². The fourth-order valence-electron chi connectivity index (χ4n) is 1.48. The van der Waals surface area contributed by atoms with Crippen molar-refractivity contribution >= 4 is 21.8 Å². The van der Waals surface area contributed by atoms with Crippen molar-refractivity contribution in [1.29, 1.82) is 0 Å². The van der Waals surface area contributed by atoms with Crippen LogP contribution in [0.1, 0.15) is 15.9 Å². The van der Waals surface area contributed by atoms with Crippen molar-refractivity contribution in [3.63, 3.8) is 0 Å². The molecule has 3 nitrogen and oxygen atoms in total. The first-order valence-electron chi connectivity index (χ1n) is 4.95. The van der Waals surface area contributed by atoms with Crippen LogP contribution in [0.5, 0.6) is 0 Å². The Morgan fingerprint density at radius 1 is 1.53 bits per heavy atom. The number of aryl methyl sites for hydroxylation is 1. The largest absolute Gasteiger partial charge is 0.347 e. The number of nitrogens with one attached hydrogen (secondary N) is 2. The zero-order valence-electron chi connectivity index (χ0n) is 8.51. The van der Waals surface area contributed by atoms with E-state index in [1.54, 1.807) is 0 Å². The van der Waals surface area contributed by atoms with Gasteiger partial charge in [0, 0.05) is 17.6 Å². The summed E-state index contributed by atoms with van der Waals surface area (Å²) in [4.78, 5) is 11.9. The number of rotatable bonds is 2. The van der Waals surface area contributed by atoms with Crippen molar-refractivity contribution in [2.45, 2.75) is 13.0 Å². The van der Waals surface area contributed by atoms with E-state index in [0.717, 1.165) is 23.1 Å². The first-order valence-corrected chi connectivity index (χ1v) is 5.74. The molecule has 0 bridgehead atoms. The molecular formula is C11H13BrN2O. The molecule has 1 aliphatic heterocycles. The lowest BCUT2D eigenvalue weighted by Crippen LogP contribution is -2.56. The van der Waals surface area contributed by atoms with Crippen molar-refractivity contribution in [3.05, 3.63) is 33.8 Å². The number of carbonyl (C=O) groups excluding carboxylic acids is 1. The fraction of sp³-hybridized carbons (Fsp3) is 0.364. The third-order valence-electron chi connectivity index (χ3n) is 2.55. The molecule has 1 fully saturated rings. The quantitative estimate of drug-likeness (QED) is 0.853. The summed E-state index contributed by atoms with van der Waals surface area (Å²) in [6.07, 6.45) is 0. The molecule has 15 heavy (non-hydrogen) atoms. The third kappa shape index (κ3) is 2.21. The van der Waals surface area contributed by atoms with Crippen LogP contribution in [-0.2, 0) is 0 Å². The van der Waals surface area contributed by atoms with Crippen LogP contribution in [0, 0.1) is 6.92 Å². The second kappa shape index (κ2) is 4.33. The van der Waals surface area contributed by atoms with Gasteiger partial charge in [0.05, 0.1) is 11.6 Å². The maximum atomic E-state index is 11.9. The zero-order chi connectivity index (χ0) is 10.8. The van der Waals surface area contributed by atoms with E-state index in [2.05, 4.69) is 26.6 Å². The summed E-state index contributed by atoms with van der Waals surface area (Å²) < 4.78 is 0.884. The van der Waals surface area contributed by atoms with Crippen molar-refractivity contribution in [1.82, 2.24) is 10.6 Å². The molecule has 80 valence electrons. The molecule has 4 heteroatoms. The number of carbonyl (C=O) groups is 1. The van der Waals surface area contributed by atoms with Crippen LogP contribution in [0.15, 0.2) is 22.7 Å². The molecule has 0 unspecified atom stereocenters. The molecule has 1 saturated heterocycles. The Hall–Kier alpha value is -0.870. The molecule has 0 spiro atoms. The van der Waals surface area contributed by atoms with Crippen LogP contribution in [0.25, 0.3) is 0 Å². The van der Waals surface area contributed by atoms with E-state index in [-0.39, 0.29) is 11.9 Å². The lowest BCUT2D eigenvalue weighted by molar-refractivity contribution is 0.0923. The number of hydrogen-bond donors (Lipinski definition) is 2. The van der Waals surface area contributed by atoms with Crippen molar-refractivity contribution in [3.8, 4) is 0 Å². The monoisotopic (exact) mass is 268 g/mol. The van der Waals surface area contributed by atoms with Crippen LogP contribution >= 0.6 is 15.9 Å². The molecule has 2 rings (SSSR count). The van der Waals surface area contributed by atoms with Crippen LogP contribution < -0.4 is 10.6 Å². The van der Waals surface area contributed by atoms with Gasteiger partial charge in [-0.2, -0.15) is 0 Å². The molecule has 1 aromatic carbocycles. The summed E-state index contributed by atoms with van der Waals surface area (Å²) in [5, 5.41) is 6.09. The van der Waals surface area contributed by atoms with Crippen molar-refractivity contribution in [2.24, 2.45) is 0 Å². The summed E-state index contributed by atoms with van der Waals surface area (Å²) in [7, 11) is 0. The van der Waals surface area contributed by atoms with Gasteiger partial charge >= 0.3 is 0 Å². The molecular weight excluding hydrogens is 256 g/mol. The molecule has 0 saturated carbocycles. The number of halogens is 1. The number of hydrogen-bond acceptors (Lipinski definition) is 2. The van der Waals surface area contributed by atoms with Gasteiger partial charge in [-0.1, -0.05) is 12.1 Å². The van der Waals surface area contributed by atoms with Gasteiger partial charge in [-0.05, 0) is 34.5 Å². The fourth-order valence-corrected chi connectivity index (χ4v) is 1.92. The lowest BCUT2D eigenvalue weighted by Gasteiger charge is -2.28. The van der Waals surface area contributed by atoms with E-state index in [0.29, 0.717) is 5.56 Å². The highest BCUT2D eigenvalue weighted by atomic mass is 79.9. The van der Waals surface area contributed by atoms with Gasteiger partial charge < -0.3 is 10.6 Å². The second-order valence-electron chi connectivity index (χ2n) is 3.77. The highest BCUT2D eigenvalue weighted by Crippen LogP contribution is 2.20. The van der Waals surface area contributed by atoms with Crippen LogP contribution in [0.2, 0.25) is 0 Å². The van der Waals surface area contributed by atoms with Gasteiger partial charge in [0.15, 0.2) is 0 Å². The lowest BCUT2D eigenvalue weighted by atomic mass is 10.1. The molecule has 1 aliphatic rings. The Balaban J connectivity index is 2.13. The number of benzene rings is 1. The van der Waals surface area contributed by atoms with Gasteiger partial charge in [-0.25, -0.2) is 0 Å². The molecule has 1 amide bonds. The normalized spacial score (nSPS) is 15.9.